The number of H-pyrrole nitrogens is 1. The molecule has 1 heterocycles. The predicted molar refractivity (Wildman–Crippen MR) is 88.4 cm³/mol. The normalized spacial score (nSPS) is 10.8. The Kier molecular flexibility index (Phi) is 3.76. The van der Waals surface area contributed by atoms with Crippen LogP contribution in [0.25, 0.3) is 10.9 Å². The van der Waals surface area contributed by atoms with Gasteiger partial charge in [-0.2, -0.15) is 0 Å². The molecule has 0 fully saturated rings. The highest BCUT2D eigenvalue weighted by Crippen LogP contribution is 2.27. The highest BCUT2D eigenvalue weighted by atomic mass is 35.5. The minimum absolute atomic E-state index is 0.723. The minimum atomic E-state index is 0.723. The number of hydrogen-bond acceptors (Lipinski definition) is 2. The number of aryl methyl sites for hydroxylation is 1. The van der Waals surface area contributed by atoms with Crippen LogP contribution in [-0.4, -0.2) is 12.1 Å². The average Bonchev–Trinajstić information content (AvgIpc) is 2.88. The zero-order chi connectivity index (χ0) is 14.8. The molecule has 3 aromatic rings. The highest BCUT2D eigenvalue weighted by molar-refractivity contribution is 6.31. The van der Waals surface area contributed by atoms with Crippen molar-refractivity contribution in [2.75, 3.05) is 12.4 Å². The maximum Gasteiger partial charge on any atom is 0.142 e. The van der Waals surface area contributed by atoms with E-state index < -0.39 is 0 Å². The summed E-state index contributed by atoms with van der Waals surface area (Å²) in [5.74, 6) is 0.859. The molecule has 3 rings (SSSR count). The molecule has 2 aromatic carbocycles. The van der Waals surface area contributed by atoms with Gasteiger partial charge in [-0.1, -0.05) is 23.7 Å². The third-order valence-electron chi connectivity index (χ3n) is 3.56. The fourth-order valence-electron chi connectivity index (χ4n) is 2.44. The number of halogens is 1. The average molecular weight is 301 g/mol. The monoisotopic (exact) mass is 300 g/mol. The number of fused-ring (bicyclic) bond motifs is 1. The lowest BCUT2D eigenvalue weighted by Gasteiger charge is -2.11. The summed E-state index contributed by atoms with van der Waals surface area (Å²) < 4.78 is 5.41. The van der Waals surface area contributed by atoms with Gasteiger partial charge in [-0.05, 0) is 42.3 Å². The Labute approximate surface area is 128 Å². The largest absolute Gasteiger partial charge is 0.495 e. The second-order valence-corrected chi connectivity index (χ2v) is 5.50. The Morgan fingerprint density at radius 1 is 1.19 bits per heavy atom. The molecule has 4 heteroatoms. The molecule has 0 aliphatic heterocycles. The van der Waals surface area contributed by atoms with E-state index in [9.17, 15) is 0 Å². The van der Waals surface area contributed by atoms with Crippen LogP contribution in [0.3, 0.4) is 0 Å². The summed E-state index contributed by atoms with van der Waals surface area (Å²) in [6.07, 6.45) is 2.01. The van der Waals surface area contributed by atoms with Gasteiger partial charge in [0.15, 0.2) is 0 Å². The zero-order valence-corrected chi connectivity index (χ0v) is 12.8. The lowest BCUT2D eigenvalue weighted by atomic mass is 10.1. The Hall–Kier alpha value is -2.13. The number of benzene rings is 2. The molecule has 3 nitrogen and oxygen atoms in total. The number of hydrogen-bond donors (Lipinski definition) is 2. The van der Waals surface area contributed by atoms with E-state index in [2.05, 4.69) is 23.3 Å². The first kappa shape index (κ1) is 13.8. The summed E-state index contributed by atoms with van der Waals surface area (Å²) in [6, 6.07) is 12.0. The number of anilines is 1. The van der Waals surface area contributed by atoms with Crippen LogP contribution in [-0.2, 0) is 6.54 Å². The summed E-state index contributed by atoms with van der Waals surface area (Å²) in [5, 5.41) is 5.34. The van der Waals surface area contributed by atoms with Crippen molar-refractivity contribution in [3.63, 3.8) is 0 Å². The number of aromatic nitrogens is 1. The number of ether oxygens (including phenoxy) is 1. The van der Waals surface area contributed by atoms with Gasteiger partial charge >= 0.3 is 0 Å². The van der Waals surface area contributed by atoms with E-state index >= 15 is 0 Å². The Morgan fingerprint density at radius 3 is 2.86 bits per heavy atom. The van der Waals surface area contributed by atoms with E-state index in [0.29, 0.717) is 0 Å². The van der Waals surface area contributed by atoms with Crippen molar-refractivity contribution in [3.05, 3.63) is 58.7 Å². The van der Waals surface area contributed by atoms with Crippen molar-refractivity contribution in [2.24, 2.45) is 0 Å². The molecule has 0 spiro atoms. The van der Waals surface area contributed by atoms with Gasteiger partial charge in [-0.3, -0.25) is 0 Å². The second-order valence-electron chi connectivity index (χ2n) is 5.06. The van der Waals surface area contributed by atoms with E-state index in [1.165, 1.54) is 16.5 Å². The summed E-state index contributed by atoms with van der Waals surface area (Å²) in [5.41, 5.74) is 4.42. The summed E-state index contributed by atoms with van der Waals surface area (Å²) in [4.78, 5) is 3.25. The van der Waals surface area contributed by atoms with Crippen LogP contribution in [0.4, 0.5) is 5.69 Å². The molecule has 0 saturated carbocycles. The maximum atomic E-state index is 6.00. The van der Waals surface area contributed by atoms with E-state index in [1.807, 2.05) is 36.5 Å². The number of rotatable bonds is 4. The fraction of sp³-hybridized carbons (Fsp3) is 0.176. The molecule has 0 aliphatic carbocycles. The van der Waals surface area contributed by atoms with Crippen LogP contribution in [0, 0.1) is 6.92 Å². The number of methoxy groups -OCH3 is 1. The second kappa shape index (κ2) is 5.70. The van der Waals surface area contributed by atoms with Gasteiger partial charge in [-0.25, -0.2) is 0 Å². The molecular weight excluding hydrogens is 284 g/mol. The van der Waals surface area contributed by atoms with E-state index in [-0.39, 0.29) is 0 Å². The summed E-state index contributed by atoms with van der Waals surface area (Å²) in [6.45, 7) is 2.77. The minimum Gasteiger partial charge on any atom is -0.495 e. The SMILES string of the molecule is COc1cc(C)ccc1NCc1c[nH]c2cc(Cl)ccc12. The number of aromatic amines is 1. The molecule has 21 heavy (non-hydrogen) atoms. The lowest BCUT2D eigenvalue weighted by Crippen LogP contribution is -2.01. The zero-order valence-electron chi connectivity index (χ0n) is 12.0. The molecule has 2 N–H and O–H groups in total. The van der Waals surface area contributed by atoms with Gasteiger partial charge in [0.05, 0.1) is 12.8 Å². The van der Waals surface area contributed by atoms with Gasteiger partial charge in [0.2, 0.25) is 0 Å². The Balaban J connectivity index is 1.83. The lowest BCUT2D eigenvalue weighted by molar-refractivity contribution is 0.416. The molecule has 0 bridgehead atoms. The van der Waals surface area contributed by atoms with Crippen LogP contribution < -0.4 is 10.1 Å². The smallest absolute Gasteiger partial charge is 0.142 e. The molecule has 108 valence electrons. The quantitative estimate of drug-likeness (QED) is 0.729. The van der Waals surface area contributed by atoms with E-state index in [1.54, 1.807) is 7.11 Å². The van der Waals surface area contributed by atoms with Crippen molar-refractivity contribution in [3.8, 4) is 5.75 Å². The first-order valence-electron chi connectivity index (χ1n) is 6.81. The highest BCUT2D eigenvalue weighted by Gasteiger charge is 2.06. The first-order chi connectivity index (χ1) is 10.2. The van der Waals surface area contributed by atoms with Crippen molar-refractivity contribution in [1.29, 1.82) is 0 Å². The van der Waals surface area contributed by atoms with E-state index in [0.717, 1.165) is 28.5 Å². The van der Waals surface area contributed by atoms with Crippen LogP contribution in [0.1, 0.15) is 11.1 Å². The van der Waals surface area contributed by atoms with Crippen LogP contribution in [0.15, 0.2) is 42.6 Å². The summed E-state index contributed by atoms with van der Waals surface area (Å²) in [7, 11) is 1.69. The molecular formula is C17H17ClN2O. The van der Waals surface area contributed by atoms with E-state index in [4.69, 9.17) is 16.3 Å². The van der Waals surface area contributed by atoms with Crippen LogP contribution in [0.5, 0.6) is 5.75 Å². The van der Waals surface area contributed by atoms with Crippen LogP contribution in [0.2, 0.25) is 5.02 Å². The summed E-state index contributed by atoms with van der Waals surface area (Å²) >= 11 is 6.00. The van der Waals surface area contributed by atoms with Gasteiger partial charge in [0, 0.05) is 28.7 Å². The van der Waals surface area contributed by atoms with Gasteiger partial charge in [0.1, 0.15) is 5.75 Å². The third-order valence-corrected chi connectivity index (χ3v) is 3.79. The van der Waals surface area contributed by atoms with Gasteiger partial charge in [0.25, 0.3) is 0 Å². The van der Waals surface area contributed by atoms with Crippen LogP contribution >= 0.6 is 11.6 Å². The fourth-order valence-corrected chi connectivity index (χ4v) is 2.61. The Bertz CT molecular complexity index is 780. The predicted octanol–water partition coefficient (Wildman–Crippen LogP) is 4.75. The molecule has 0 unspecified atom stereocenters. The molecule has 0 amide bonds. The van der Waals surface area contributed by atoms with Crippen molar-refractivity contribution < 1.29 is 4.74 Å². The van der Waals surface area contributed by atoms with Crippen molar-refractivity contribution in [1.82, 2.24) is 4.98 Å². The third kappa shape index (κ3) is 2.83. The molecule has 0 aliphatic rings. The van der Waals surface area contributed by atoms with Gasteiger partial charge in [-0.15, -0.1) is 0 Å². The standard InChI is InChI=1S/C17H17ClN2O/c1-11-3-6-15(17(7-11)21-2)19-9-12-10-20-16-8-13(18)4-5-14(12)16/h3-8,10,19-20H,9H2,1-2H3. The molecule has 1 aromatic heterocycles. The topological polar surface area (TPSA) is 37.0 Å². The molecule has 0 radical (unpaired) electrons. The van der Waals surface area contributed by atoms with Crippen molar-refractivity contribution in [2.45, 2.75) is 13.5 Å². The molecule has 0 saturated heterocycles. The maximum absolute atomic E-state index is 6.00. The Morgan fingerprint density at radius 2 is 2.05 bits per heavy atom. The first-order valence-corrected chi connectivity index (χ1v) is 7.19. The molecule has 0 atom stereocenters. The number of nitrogens with one attached hydrogen (secondary N) is 2. The van der Waals surface area contributed by atoms with Crippen molar-refractivity contribution >= 4 is 28.2 Å². The van der Waals surface area contributed by atoms with Gasteiger partial charge < -0.3 is 15.0 Å².